The van der Waals surface area contributed by atoms with Crippen LogP contribution in [0.1, 0.15) is 56.1 Å². The van der Waals surface area contributed by atoms with E-state index in [2.05, 4.69) is 17.4 Å². The Bertz CT molecular complexity index is 513. The average Bonchev–Trinajstić information content (AvgIpc) is 2.54. The molecule has 0 aromatic heterocycles. The van der Waals surface area contributed by atoms with Crippen molar-refractivity contribution in [3.8, 4) is 11.5 Å². The number of carbonyl (C=O) groups is 1. The largest absolute Gasteiger partial charge is 0.493 e. The Hall–Kier alpha value is -1.71. The van der Waals surface area contributed by atoms with Crippen molar-refractivity contribution in [1.29, 1.82) is 0 Å². The molecular weight excluding hydrogens is 278 g/mol. The van der Waals surface area contributed by atoms with Crippen LogP contribution < -0.4 is 14.8 Å². The van der Waals surface area contributed by atoms with Crippen LogP contribution in [0.3, 0.4) is 0 Å². The zero-order chi connectivity index (χ0) is 15.9. The van der Waals surface area contributed by atoms with Crippen molar-refractivity contribution in [3.63, 3.8) is 0 Å². The normalized spacial score (nSPS) is 16.8. The number of ether oxygens (including phenoxy) is 2. The first kappa shape index (κ1) is 16.7. The van der Waals surface area contributed by atoms with Gasteiger partial charge in [-0.1, -0.05) is 6.92 Å². The highest BCUT2D eigenvalue weighted by atomic mass is 16.5. The van der Waals surface area contributed by atoms with Crippen LogP contribution in [0.5, 0.6) is 11.5 Å². The Morgan fingerprint density at radius 3 is 2.68 bits per heavy atom. The molecule has 0 radical (unpaired) electrons. The minimum atomic E-state index is 0.158. The minimum Gasteiger partial charge on any atom is -0.493 e. The lowest BCUT2D eigenvalue weighted by atomic mass is 9.81. The van der Waals surface area contributed by atoms with Crippen LogP contribution in [0.15, 0.2) is 12.1 Å². The van der Waals surface area contributed by atoms with E-state index in [9.17, 15) is 4.79 Å². The van der Waals surface area contributed by atoms with E-state index < -0.39 is 0 Å². The van der Waals surface area contributed by atoms with Crippen molar-refractivity contribution in [1.82, 2.24) is 5.32 Å². The molecule has 0 spiro atoms. The molecule has 22 heavy (non-hydrogen) atoms. The molecule has 122 valence electrons. The third-order valence-corrected chi connectivity index (χ3v) is 4.38. The van der Waals surface area contributed by atoms with Gasteiger partial charge in [-0.05, 0) is 61.3 Å². The summed E-state index contributed by atoms with van der Waals surface area (Å²) in [6, 6.07) is 4.22. The molecule has 1 aliphatic carbocycles. The van der Waals surface area contributed by atoms with Gasteiger partial charge in [0.1, 0.15) is 0 Å². The lowest BCUT2D eigenvalue weighted by Gasteiger charge is -2.27. The number of amides is 1. The Morgan fingerprint density at radius 1 is 1.27 bits per heavy atom. The van der Waals surface area contributed by atoms with E-state index in [0.29, 0.717) is 12.3 Å². The van der Waals surface area contributed by atoms with Gasteiger partial charge in [0.15, 0.2) is 11.5 Å². The van der Waals surface area contributed by atoms with Crippen molar-refractivity contribution >= 4 is 5.91 Å². The predicted octanol–water partition coefficient (Wildman–Crippen LogP) is 3.43. The Kier molecular flexibility index (Phi) is 6.10. The Balaban J connectivity index is 2.06. The van der Waals surface area contributed by atoms with Gasteiger partial charge in [-0.25, -0.2) is 0 Å². The fourth-order valence-electron chi connectivity index (χ4n) is 3.23. The van der Waals surface area contributed by atoms with E-state index in [1.54, 1.807) is 14.2 Å². The first-order chi connectivity index (χ1) is 10.7. The SMILES string of the molecule is CCCC(=O)NCCC1CCCc2cc(OC)c(OC)cc21. The van der Waals surface area contributed by atoms with Gasteiger partial charge in [0.25, 0.3) is 0 Å². The summed E-state index contributed by atoms with van der Waals surface area (Å²) in [4.78, 5) is 11.6. The molecule has 0 heterocycles. The molecular formula is C18H27NO3. The summed E-state index contributed by atoms with van der Waals surface area (Å²) >= 11 is 0. The second-order valence-corrected chi connectivity index (χ2v) is 5.88. The predicted molar refractivity (Wildman–Crippen MR) is 87.8 cm³/mol. The molecule has 1 atom stereocenters. The summed E-state index contributed by atoms with van der Waals surface area (Å²) in [7, 11) is 3.35. The summed E-state index contributed by atoms with van der Waals surface area (Å²) in [6.45, 7) is 2.77. The van der Waals surface area contributed by atoms with Gasteiger partial charge in [0, 0.05) is 13.0 Å². The summed E-state index contributed by atoms with van der Waals surface area (Å²) in [6.07, 6.45) is 5.95. The fourth-order valence-corrected chi connectivity index (χ4v) is 3.23. The molecule has 1 N–H and O–H groups in total. The second kappa shape index (κ2) is 8.06. The van der Waals surface area contributed by atoms with E-state index in [-0.39, 0.29) is 5.91 Å². The van der Waals surface area contributed by atoms with E-state index >= 15 is 0 Å². The standard InChI is InChI=1S/C18H27NO3/c1-4-6-18(20)19-10-9-13-7-5-8-14-11-16(21-2)17(22-3)12-15(13)14/h11-13H,4-10H2,1-3H3,(H,19,20). The average molecular weight is 305 g/mol. The number of hydrogen-bond acceptors (Lipinski definition) is 3. The highest BCUT2D eigenvalue weighted by Crippen LogP contribution is 2.40. The third kappa shape index (κ3) is 3.93. The van der Waals surface area contributed by atoms with Gasteiger partial charge in [0.2, 0.25) is 5.91 Å². The van der Waals surface area contributed by atoms with E-state index in [4.69, 9.17) is 9.47 Å². The number of nitrogens with one attached hydrogen (secondary N) is 1. The number of carbonyl (C=O) groups excluding carboxylic acids is 1. The number of hydrogen-bond donors (Lipinski definition) is 1. The van der Waals surface area contributed by atoms with E-state index in [0.717, 1.165) is 37.3 Å². The first-order valence-electron chi connectivity index (χ1n) is 8.21. The topological polar surface area (TPSA) is 47.6 Å². The van der Waals surface area contributed by atoms with Crippen molar-refractivity contribution < 1.29 is 14.3 Å². The third-order valence-electron chi connectivity index (χ3n) is 4.38. The maximum atomic E-state index is 11.6. The van der Waals surface area contributed by atoms with Crippen LogP contribution in [0, 0.1) is 0 Å². The number of fused-ring (bicyclic) bond motifs is 1. The molecule has 1 amide bonds. The zero-order valence-electron chi connectivity index (χ0n) is 13.9. The summed E-state index contributed by atoms with van der Waals surface area (Å²) in [5, 5.41) is 3.02. The molecule has 4 nitrogen and oxygen atoms in total. The van der Waals surface area contributed by atoms with Crippen molar-refractivity contribution in [3.05, 3.63) is 23.3 Å². The van der Waals surface area contributed by atoms with Gasteiger partial charge >= 0.3 is 0 Å². The molecule has 1 aromatic rings. The van der Waals surface area contributed by atoms with Crippen molar-refractivity contribution in [2.24, 2.45) is 0 Å². The molecule has 0 bridgehead atoms. The van der Waals surface area contributed by atoms with Crippen LogP contribution in [0.2, 0.25) is 0 Å². The highest BCUT2D eigenvalue weighted by molar-refractivity contribution is 5.75. The lowest BCUT2D eigenvalue weighted by molar-refractivity contribution is -0.121. The van der Waals surface area contributed by atoms with Crippen molar-refractivity contribution in [2.75, 3.05) is 20.8 Å². The van der Waals surface area contributed by atoms with Gasteiger partial charge in [-0.2, -0.15) is 0 Å². The smallest absolute Gasteiger partial charge is 0.219 e. The quantitative estimate of drug-likeness (QED) is 0.839. The van der Waals surface area contributed by atoms with Gasteiger partial charge in [-0.15, -0.1) is 0 Å². The molecule has 1 aromatic carbocycles. The maximum absolute atomic E-state index is 11.6. The van der Waals surface area contributed by atoms with Crippen LogP contribution in [-0.2, 0) is 11.2 Å². The van der Waals surface area contributed by atoms with E-state index in [1.807, 2.05) is 6.92 Å². The summed E-state index contributed by atoms with van der Waals surface area (Å²) in [5.74, 6) is 2.25. The molecule has 2 rings (SSSR count). The molecule has 1 aliphatic rings. The fraction of sp³-hybridized carbons (Fsp3) is 0.611. The maximum Gasteiger partial charge on any atom is 0.219 e. The minimum absolute atomic E-state index is 0.158. The molecule has 1 unspecified atom stereocenters. The monoisotopic (exact) mass is 305 g/mol. The molecule has 0 aliphatic heterocycles. The Labute approximate surface area is 133 Å². The summed E-state index contributed by atoms with van der Waals surface area (Å²) in [5.41, 5.74) is 2.71. The van der Waals surface area contributed by atoms with Crippen LogP contribution in [-0.4, -0.2) is 26.7 Å². The van der Waals surface area contributed by atoms with Crippen LogP contribution in [0.4, 0.5) is 0 Å². The van der Waals surface area contributed by atoms with Gasteiger partial charge in [-0.3, -0.25) is 4.79 Å². The van der Waals surface area contributed by atoms with E-state index in [1.165, 1.54) is 24.0 Å². The number of benzene rings is 1. The first-order valence-corrected chi connectivity index (χ1v) is 8.21. The van der Waals surface area contributed by atoms with Gasteiger partial charge in [0.05, 0.1) is 14.2 Å². The number of aryl methyl sites for hydroxylation is 1. The van der Waals surface area contributed by atoms with Crippen LogP contribution in [0.25, 0.3) is 0 Å². The molecule has 0 saturated carbocycles. The lowest BCUT2D eigenvalue weighted by Crippen LogP contribution is -2.25. The molecule has 0 saturated heterocycles. The highest BCUT2D eigenvalue weighted by Gasteiger charge is 2.22. The number of rotatable bonds is 7. The number of methoxy groups -OCH3 is 2. The Morgan fingerprint density at radius 2 is 2.00 bits per heavy atom. The van der Waals surface area contributed by atoms with Crippen molar-refractivity contribution in [2.45, 2.75) is 51.4 Å². The summed E-state index contributed by atoms with van der Waals surface area (Å²) < 4.78 is 10.8. The van der Waals surface area contributed by atoms with Crippen LogP contribution >= 0.6 is 0 Å². The second-order valence-electron chi connectivity index (χ2n) is 5.88. The molecule has 0 fully saturated rings. The zero-order valence-corrected chi connectivity index (χ0v) is 13.9. The molecule has 4 heteroatoms. The van der Waals surface area contributed by atoms with Gasteiger partial charge < -0.3 is 14.8 Å².